The lowest BCUT2D eigenvalue weighted by molar-refractivity contribution is 0.0680. The summed E-state index contributed by atoms with van der Waals surface area (Å²) < 4.78 is 1.21. The molecule has 1 aromatic heterocycles. The number of benzene rings is 1. The van der Waals surface area contributed by atoms with E-state index in [2.05, 4.69) is 15.5 Å². The number of para-hydroxylation sites is 1. The quantitative estimate of drug-likeness (QED) is 0.777. The second-order valence-corrected chi connectivity index (χ2v) is 3.01. The molecule has 0 saturated heterocycles. The third-order valence-electron chi connectivity index (χ3n) is 2.00. The lowest BCUT2D eigenvalue weighted by Gasteiger charge is -2.04. The molecule has 15 heavy (non-hydrogen) atoms. The van der Waals surface area contributed by atoms with Crippen LogP contribution in [0.25, 0.3) is 5.69 Å². The Balaban J connectivity index is 2.59. The third kappa shape index (κ3) is 1.56. The molecular weight excluding hydrogens is 196 g/mol. The van der Waals surface area contributed by atoms with Crippen molar-refractivity contribution in [1.82, 2.24) is 20.2 Å². The maximum absolute atomic E-state index is 10.8. The van der Waals surface area contributed by atoms with Gasteiger partial charge >= 0.3 is 5.97 Å². The SMILES string of the molecule is Cc1ccccc1-n1nnnc1C(=O)O. The highest BCUT2D eigenvalue weighted by molar-refractivity contribution is 5.83. The zero-order valence-electron chi connectivity index (χ0n) is 7.95. The largest absolute Gasteiger partial charge is 0.475 e. The Hall–Kier alpha value is -2.24. The van der Waals surface area contributed by atoms with Crippen molar-refractivity contribution in [2.75, 3.05) is 0 Å². The van der Waals surface area contributed by atoms with E-state index in [1.165, 1.54) is 4.68 Å². The van der Waals surface area contributed by atoms with Crippen molar-refractivity contribution >= 4 is 5.97 Å². The minimum Gasteiger partial charge on any atom is -0.475 e. The van der Waals surface area contributed by atoms with Crippen LogP contribution in [0.4, 0.5) is 0 Å². The molecule has 0 aliphatic rings. The molecule has 0 aliphatic heterocycles. The summed E-state index contributed by atoms with van der Waals surface area (Å²) in [6.45, 7) is 1.86. The molecule has 76 valence electrons. The molecule has 6 nitrogen and oxygen atoms in total. The zero-order valence-corrected chi connectivity index (χ0v) is 7.95. The number of carbonyl (C=O) groups is 1. The summed E-state index contributed by atoms with van der Waals surface area (Å²) in [5.74, 6) is -1.34. The van der Waals surface area contributed by atoms with E-state index >= 15 is 0 Å². The number of tetrazole rings is 1. The lowest BCUT2D eigenvalue weighted by Crippen LogP contribution is -2.10. The van der Waals surface area contributed by atoms with Crippen LogP contribution in [0, 0.1) is 6.92 Å². The number of carboxylic acids is 1. The molecule has 1 heterocycles. The molecule has 0 saturated carbocycles. The molecule has 1 N–H and O–H groups in total. The van der Waals surface area contributed by atoms with Crippen LogP contribution in [-0.4, -0.2) is 31.3 Å². The van der Waals surface area contributed by atoms with E-state index in [0.717, 1.165) is 5.56 Å². The summed E-state index contributed by atoms with van der Waals surface area (Å²) >= 11 is 0. The minimum atomic E-state index is -1.15. The number of hydrogen-bond acceptors (Lipinski definition) is 4. The number of aryl methyl sites for hydroxylation is 1. The van der Waals surface area contributed by atoms with Crippen LogP contribution in [0.3, 0.4) is 0 Å². The minimum absolute atomic E-state index is 0.190. The van der Waals surface area contributed by atoms with Gasteiger partial charge in [-0.2, -0.15) is 4.68 Å². The fourth-order valence-electron chi connectivity index (χ4n) is 1.28. The Bertz CT molecular complexity index is 506. The van der Waals surface area contributed by atoms with Gasteiger partial charge in [0.15, 0.2) is 0 Å². The summed E-state index contributed by atoms with van der Waals surface area (Å²) in [7, 11) is 0. The number of nitrogens with zero attached hydrogens (tertiary/aromatic N) is 4. The van der Waals surface area contributed by atoms with Gasteiger partial charge in [0, 0.05) is 0 Å². The van der Waals surface area contributed by atoms with E-state index in [1.807, 2.05) is 19.1 Å². The van der Waals surface area contributed by atoms with Crippen LogP contribution < -0.4 is 0 Å². The third-order valence-corrected chi connectivity index (χ3v) is 2.00. The highest BCUT2D eigenvalue weighted by Gasteiger charge is 2.15. The van der Waals surface area contributed by atoms with Gasteiger partial charge < -0.3 is 5.11 Å². The molecule has 0 fully saturated rings. The highest BCUT2D eigenvalue weighted by atomic mass is 16.4. The predicted octanol–water partition coefficient (Wildman–Crippen LogP) is 0.669. The molecule has 2 aromatic rings. The van der Waals surface area contributed by atoms with Crippen LogP contribution in [0.2, 0.25) is 0 Å². The fourth-order valence-corrected chi connectivity index (χ4v) is 1.28. The fraction of sp³-hybridized carbons (Fsp3) is 0.111. The molecule has 0 aliphatic carbocycles. The van der Waals surface area contributed by atoms with Crippen molar-refractivity contribution in [2.24, 2.45) is 0 Å². The van der Waals surface area contributed by atoms with Crippen molar-refractivity contribution < 1.29 is 9.90 Å². The second kappa shape index (κ2) is 3.49. The smallest absolute Gasteiger partial charge is 0.376 e. The maximum Gasteiger partial charge on any atom is 0.376 e. The van der Waals surface area contributed by atoms with Crippen molar-refractivity contribution in [1.29, 1.82) is 0 Å². The number of aromatic nitrogens is 4. The molecule has 1 aromatic carbocycles. The molecule has 0 atom stereocenters. The Morgan fingerprint density at radius 2 is 2.13 bits per heavy atom. The molecule has 2 rings (SSSR count). The van der Waals surface area contributed by atoms with Crippen molar-refractivity contribution in [3.63, 3.8) is 0 Å². The molecule has 0 unspecified atom stereocenters. The number of hydrogen-bond donors (Lipinski definition) is 1. The first-order chi connectivity index (χ1) is 7.20. The van der Waals surface area contributed by atoms with Crippen LogP contribution in [0.15, 0.2) is 24.3 Å². The second-order valence-electron chi connectivity index (χ2n) is 3.01. The zero-order chi connectivity index (χ0) is 10.8. The van der Waals surface area contributed by atoms with E-state index in [0.29, 0.717) is 5.69 Å². The molecule has 0 bridgehead atoms. The number of aromatic carboxylic acids is 1. The average Bonchev–Trinajstić information content (AvgIpc) is 2.67. The van der Waals surface area contributed by atoms with Gasteiger partial charge in [0.1, 0.15) is 0 Å². The monoisotopic (exact) mass is 204 g/mol. The van der Waals surface area contributed by atoms with Crippen molar-refractivity contribution in [2.45, 2.75) is 6.92 Å². The van der Waals surface area contributed by atoms with E-state index < -0.39 is 5.97 Å². The van der Waals surface area contributed by atoms with E-state index in [1.54, 1.807) is 12.1 Å². The Morgan fingerprint density at radius 1 is 1.40 bits per heavy atom. The topological polar surface area (TPSA) is 80.9 Å². The molecule has 0 spiro atoms. The van der Waals surface area contributed by atoms with Crippen molar-refractivity contribution in [3.8, 4) is 5.69 Å². The lowest BCUT2D eigenvalue weighted by atomic mass is 10.2. The van der Waals surface area contributed by atoms with E-state index in [-0.39, 0.29) is 5.82 Å². The van der Waals surface area contributed by atoms with Gasteiger partial charge in [-0.15, -0.1) is 5.10 Å². The van der Waals surface area contributed by atoms with Gasteiger partial charge in [-0.1, -0.05) is 18.2 Å². The summed E-state index contributed by atoms with van der Waals surface area (Å²) in [6.07, 6.45) is 0. The normalized spacial score (nSPS) is 10.2. The van der Waals surface area contributed by atoms with E-state index in [4.69, 9.17) is 5.11 Å². The first-order valence-electron chi connectivity index (χ1n) is 4.28. The first-order valence-corrected chi connectivity index (χ1v) is 4.28. The summed E-state index contributed by atoms with van der Waals surface area (Å²) in [5, 5.41) is 19.3. The maximum atomic E-state index is 10.8. The predicted molar refractivity (Wildman–Crippen MR) is 50.9 cm³/mol. The van der Waals surface area contributed by atoms with E-state index in [9.17, 15) is 4.79 Å². The van der Waals surface area contributed by atoms with Gasteiger partial charge in [0.05, 0.1) is 5.69 Å². The van der Waals surface area contributed by atoms with Crippen LogP contribution in [-0.2, 0) is 0 Å². The van der Waals surface area contributed by atoms with Crippen LogP contribution >= 0.6 is 0 Å². The molecular formula is C9H8N4O2. The van der Waals surface area contributed by atoms with Gasteiger partial charge in [-0.05, 0) is 29.0 Å². The van der Waals surface area contributed by atoms with Crippen LogP contribution in [0.1, 0.15) is 16.2 Å². The Kier molecular flexibility index (Phi) is 2.17. The summed E-state index contributed by atoms with van der Waals surface area (Å²) in [5.41, 5.74) is 1.58. The average molecular weight is 204 g/mol. The van der Waals surface area contributed by atoms with Gasteiger partial charge in [0.25, 0.3) is 5.82 Å². The molecule has 0 radical (unpaired) electrons. The first kappa shape index (κ1) is 9.32. The van der Waals surface area contributed by atoms with Crippen LogP contribution in [0.5, 0.6) is 0 Å². The Labute approximate surface area is 85.2 Å². The number of carboxylic acid groups (broad SMARTS) is 1. The molecule has 6 heteroatoms. The standard InChI is InChI=1S/C9H8N4O2/c1-6-4-2-3-5-7(6)13-8(9(14)15)10-11-12-13/h2-5H,1H3,(H,14,15). The summed E-state index contributed by atoms with van der Waals surface area (Å²) in [4.78, 5) is 10.8. The van der Waals surface area contributed by atoms with Gasteiger partial charge in [0.2, 0.25) is 0 Å². The Morgan fingerprint density at radius 3 is 2.80 bits per heavy atom. The van der Waals surface area contributed by atoms with Gasteiger partial charge in [-0.3, -0.25) is 0 Å². The van der Waals surface area contributed by atoms with Gasteiger partial charge in [-0.25, -0.2) is 4.79 Å². The summed E-state index contributed by atoms with van der Waals surface area (Å²) in [6, 6.07) is 7.29. The highest BCUT2D eigenvalue weighted by Crippen LogP contribution is 2.12. The number of rotatable bonds is 2. The van der Waals surface area contributed by atoms with Crippen molar-refractivity contribution in [3.05, 3.63) is 35.7 Å². The molecule has 0 amide bonds.